The number of carbonyl (C=O) groups is 1. The van der Waals surface area contributed by atoms with E-state index in [1.807, 2.05) is 23.9 Å². The fourth-order valence-electron chi connectivity index (χ4n) is 2.48. The molecule has 4 heteroatoms. The number of methoxy groups -OCH3 is 1. The molecule has 1 amide bonds. The average Bonchev–Trinajstić information content (AvgIpc) is 2.55. The predicted octanol–water partition coefficient (Wildman–Crippen LogP) is 3.66. The first-order valence-electron chi connectivity index (χ1n) is 6.94. The molecule has 1 atom stereocenters. The number of amides is 1. The molecule has 1 aliphatic rings. The van der Waals surface area contributed by atoms with Crippen molar-refractivity contribution in [3.63, 3.8) is 0 Å². The standard InChI is InChI=1S/C17H17NO2S/c1-20-13-8-6-12(7-9-13)17(19)18-15-10-11-21-16-5-3-2-4-14(15)16/h2-9,15H,10-11H2,1H3,(H,18,19)/t15-/m1/s1. The van der Waals surface area contributed by atoms with Crippen molar-refractivity contribution in [2.45, 2.75) is 17.4 Å². The number of ether oxygens (including phenoxy) is 1. The first kappa shape index (κ1) is 14.0. The number of hydrogen-bond acceptors (Lipinski definition) is 3. The molecule has 3 rings (SSSR count). The fourth-order valence-corrected chi connectivity index (χ4v) is 3.60. The van der Waals surface area contributed by atoms with Gasteiger partial charge in [0, 0.05) is 16.2 Å². The van der Waals surface area contributed by atoms with Gasteiger partial charge in [-0.2, -0.15) is 0 Å². The van der Waals surface area contributed by atoms with Crippen LogP contribution >= 0.6 is 11.8 Å². The van der Waals surface area contributed by atoms with Crippen LogP contribution < -0.4 is 10.1 Å². The summed E-state index contributed by atoms with van der Waals surface area (Å²) in [5.74, 6) is 1.75. The van der Waals surface area contributed by atoms with Crippen LogP contribution in [0.1, 0.15) is 28.4 Å². The summed E-state index contributed by atoms with van der Waals surface area (Å²) in [6.45, 7) is 0. The third kappa shape index (κ3) is 3.05. The van der Waals surface area contributed by atoms with Crippen molar-refractivity contribution in [3.05, 3.63) is 59.7 Å². The van der Waals surface area contributed by atoms with Crippen LogP contribution in [0.3, 0.4) is 0 Å². The van der Waals surface area contributed by atoms with Crippen LogP contribution in [0.4, 0.5) is 0 Å². The Bertz CT molecular complexity index is 639. The highest BCUT2D eigenvalue weighted by Gasteiger charge is 2.22. The molecule has 0 saturated heterocycles. The van der Waals surface area contributed by atoms with E-state index in [9.17, 15) is 4.79 Å². The van der Waals surface area contributed by atoms with E-state index in [1.54, 1.807) is 31.4 Å². The predicted molar refractivity (Wildman–Crippen MR) is 85.0 cm³/mol. The lowest BCUT2D eigenvalue weighted by atomic mass is 10.0. The Balaban J connectivity index is 1.76. The van der Waals surface area contributed by atoms with Gasteiger partial charge in [0.1, 0.15) is 5.75 Å². The molecule has 0 unspecified atom stereocenters. The van der Waals surface area contributed by atoms with Crippen molar-refractivity contribution in [1.82, 2.24) is 5.32 Å². The van der Waals surface area contributed by atoms with E-state index >= 15 is 0 Å². The number of thioether (sulfide) groups is 1. The van der Waals surface area contributed by atoms with Gasteiger partial charge in [-0.05, 0) is 42.3 Å². The van der Waals surface area contributed by atoms with Crippen molar-refractivity contribution in [2.24, 2.45) is 0 Å². The van der Waals surface area contributed by atoms with Crippen molar-refractivity contribution >= 4 is 17.7 Å². The largest absolute Gasteiger partial charge is 0.497 e. The normalized spacial score (nSPS) is 16.9. The summed E-state index contributed by atoms with van der Waals surface area (Å²) in [6.07, 6.45) is 0.962. The summed E-state index contributed by atoms with van der Waals surface area (Å²) >= 11 is 1.85. The monoisotopic (exact) mass is 299 g/mol. The second kappa shape index (κ2) is 6.22. The fraction of sp³-hybridized carbons (Fsp3) is 0.235. The minimum atomic E-state index is -0.0376. The average molecular weight is 299 g/mol. The molecule has 1 N–H and O–H groups in total. The molecule has 2 aromatic rings. The quantitative estimate of drug-likeness (QED) is 0.940. The highest BCUT2D eigenvalue weighted by Crippen LogP contribution is 2.35. The van der Waals surface area contributed by atoms with Gasteiger partial charge in [-0.25, -0.2) is 0 Å². The Labute approximate surface area is 128 Å². The van der Waals surface area contributed by atoms with E-state index in [1.165, 1.54) is 10.5 Å². The maximum absolute atomic E-state index is 12.4. The van der Waals surface area contributed by atoms with Gasteiger partial charge in [0.25, 0.3) is 5.91 Å². The van der Waals surface area contributed by atoms with Crippen molar-refractivity contribution in [2.75, 3.05) is 12.9 Å². The number of fused-ring (bicyclic) bond motifs is 1. The first-order chi connectivity index (χ1) is 10.3. The lowest BCUT2D eigenvalue weighted by molar-refractivity contribution is 0.0935. The Morgan fingerprint density at radius 2 is 1.95 bits per heavy atom. The molecule has 0 spiro atoms. The van der Waals surface area contributed by atoms with Gasteiger partial charge in [0.2, 0.25) is 0 Å². The molecule has 108 valence electrons. The molecule has 0 radical (unpaired) electrons. The SMILES string of the molecule is COc1ccc(C(=O)N[C@@H]2CCSc3ccccc32)cc1. The molecule has 0 saturated carbocycles. The van der Waals surface area contributed by atoms with E-state index < -0.39 is 0 Å². The van der Waals surface area contributed by atoms with Gasteiger partial charge >= 0.3 is 0 Å². The molecule has 0 aliphatic carbocycles. The zero-order chi connectivity index (χ0) is 14.7. The third-order valence-electron chi connectivity index (χ3n) is 3.62. The second-order valence-corrected chi connectivity index (χ2v) is 6.07. The van der Waals surface area contributed by atoms with Gasteiger partial charge < -0.3 is 10.1 Å². The van der Waals surface area contributed by atoms with Gasteiger partial charge in [-0.1, -0.05) is 18.2 Å². The van der Waals surface area contributed by atoms with Crippen LogP contribution in [0.15, 0.2) is 53.4 Å². The molecule has 21 heavy (non-hydrogen) atoms. The van der Waals surface area contributed by atoms with E-state index in [2.05, 4.69) is 17.4 Å². The Hall–Kier alpha value is -1.94. The minimum Gasteiger partial charge on any atom is -0.497 e. The first-order valence-corrected chi connectivity index (χ1v) is 7.93. The summed E-state index contributed by atoms with van der Waals surface area (Å²) in [5, 5.41) is 3.14. The summed E-state index contributed by atoms with van der Waals surface area (Å²) in [6, 6.07) is 15.6. The second-order valence-electron chi connectivity index (χ2n) is 4.93. The number of hydrogen-bond donors (Lipinski definition) is 1. The molecule has 3 nitrogen and oxygen atoms in total. The van der Waals surface area contributed by atoms with Crippen molar-refractivity contribution in [1.29, 1.82) is 0 Å². The van der Waals surface area contributed by atoms with Crippen molar-refractivity contribution < 1.29 is 9.53 Å². The Kier molecular flexibility index (Phi) is 4.15. The number of rotatable bonds is 3. The van der Waals surface area contributed by atoms with Crippen LogP contribution in [0, 0.1) is 0 Å². The number of nitrogens with one attached hydrogen (secondary N) is 1. The minimum absolute atomic E-state index is 0.0376. The lowest BCUT2D eigenvalue weighted by Gasteiger charge is -2.25. The van der Waals surface area contributed by atoms with Crippen LogP contribution in [0.5, 0.6) is 5.75 Å². The smallest absolute Gasteiger partial charge is 0.251 e. The summed E-state index contributed by atoms with van der Waals surface area (Å²) in [4.78, 5) is 13.6. The van der Waals surface area contributed by atoms with Crippen LogP contribution in [0.2, 0.25) is 0 Å². The van der Waals surface area contributed by atoms with Gasteiger partial charge in [0.15, 0.2) is 0 Å². The molecular formula is C17H17NO2S. The summed E-state index contributed by atoms with van der Waals surface area (Å²) in [5.41, 5.74) is 1.88. The maximum atomic E-state index is 12.4. The van der Waals surface area contributed by atoms with E-state index in [4.69, 9.17) is 4.74 Å². The number of benzene rings is 2. The summed E-state index contributed by atoms with van der Waals surface area (Å²) < 4.78 is 5.11. The zero-order valence-electron chi connectivity index (χ0n) is 11.8. The van der Waals surface area contributed by atoms with Crippen LogP contribution in [-0.4, -0.2) is 18.8 Å². The zero-order valence-corrected chi connectivity index (χ0v) is 12.7. The molecule has 1 aliphatic heterocycles. The third-order valence-corrected chi connectivity index (χ3v) is 4.74. The van der Waals surface area contributed by atoms with Crippen molar-refractivity contribution in [3.8, 4) is 5.75 Å². The maximum Gasteiger partial charge on any atom is 0.251 e. The number of carbonyl (C=O) groups excluding carboxylic acids is 1. The highest BCUT2D eigenvalue weighted by molar-refractivity contribution is 7.99. The molecule has 2 aromatic carbocycles. The van der Waals surface area contributed by atoms with Gasteiger partial charge in [-0.15, -0.1) is 11.8 Å². The van der Waals surface area contributed by atoms with Crippen LogP contribution in [0.25, 0.3) is 0 Å². The summed E-state index contributed by atoms with van der Waals surface area (Å²) in [7, 11) is 1.62. The molecule has 0 fully saturated rings. The molecule has 0 bridgehead atoms. The van der Waals surface area contributed by atoms with E-state index in [0.717, 1.165) is 17.9 Å². The van der Waals surface area contributed by atoms with E-state index in [0.29, 0.717) is 5.56 Å². The topological polar surface area (TPSA) is 38.3 Å². The highest BCUT2D eigenvalue weighted by atomic mass is 32.2. The molecular weight excluding hydrogens is 282 g/mol. The van der Waals surface area contributed by atoms with Crippen LogP contribution in [-0.2, 0) is 0 Å². The van der Waals surface area contributed by atoms with Gasteiger partial charge in [-0.3, -0.25) is 4.79 Å². The van der Waals surface area contributed by atoms with E-state index in [-0.39, 0.29) is 11.9 Å². The molecule has 1 heterocycles. The molecule has 0 aromatic heterocycles. The lowest BCUT2D eigenvalue weighted by Crippen LogP contribution is -2.30. The Morgan fingerprint density at radius 3 is 2.71 bits per heavy atom. The Morgan fingerprint density at radius 1 is 1.19 bits per heavy atom. The van der Waals surface area contributed by atoms with Gasteiger partial charge in [0.05, 0.1) is 13.2 Å².